The molecule has 0 spiro atoms. The lowest BCUT2D eigenvalue weighted by Gasteiger charge is -2.25. The molecule has 5 nitrogen and oxygen atoms in total. The van der Waals surface area contributed by atoms with Gasteiger partial charge in [-0.2, -0.15) is 0 Å². The molecule has 0 unspecified atom stereocenters. The minimum Gasteiger partial charge on any atom is -0.496 e. The quantitative estimate of drug-likeness (QED) is 0.742. The Balaban J connectivity index is 2.81. The summed E-state index contributed by atoms with van der Waals surface area (Å²) in [6.07, 6.45) is 0. The number of nitrogens with two attached hydrogens (primary N) is 1. The van der Waals surface area contributed by atoms with Gasteiger partial charge in [0.15, 0.2) is 0 Å². The molecule has 118 valence electrons. The van der Waals surface area contributed by atoms with Crippen LogP contribution in [0.15, 0.2) is 18.2 Å². The maximum atomic E-state index is 11.7. The summed E-state index contributed by atoms with van der Waals surface area (Å²) in [4.78, 5) is 13.7. The second-order valence-corrected chi connectivity index (χ2v) is 5.15. The Bertz CT molecular complexity index is 461. The minimum absolute atomic E-state index is 0.197. The molecule has 0 saturated carbocycles. The first-order valence-corrected chi connectivity index (χ1v) is 7.27. The molecule has 1 aromatic carbocycles. The van der Waals surface area contributed by atoms with Gasteiger partial charge in [0, 0.05) is 24.7 Å². The van der Waals surface area contributed by atoms with Crippen molar-refractivity contribution in [2.24, 2.45) is 5.73 Å². The van der Waals surface area contributed by atoms with Crippen LogP contribution in [0.25, 0.3) is 0 Å². The van der Waals surface area contributed by atoms with Crippen molar-refractivity contribution in [2.45, 2.75) is 39.9 Å². The third-order valence-corrected chi connectivity index (χ3v) is 3.32. The molecule has 0 heterocycles. The van der Waals surface area contributed by atoms with Crippen LogP contribution in [0.5, 0.6) is 5.75 Å². The van der Waals surface area contributed by atoms with E-state index in [4.69, 9.17) is 15.2 Å². The van der Waals surface area contributed by atoms with Crippen molar-refractivity contribution in [3.8, 4) is 5.75 Å². The zero-order valence-corrected chi connectivity index (χ0v) is 13.4. The van der Waals surface area contributed by atoms with Crippen LogP contribution < -0.4 is 10.5 Å². The number of rotatable bonds is 8. The fraction of sp³-hybridized carbons (Fsp3) is 0.562. The Morgan fingerprint density at radius 2 is 2.10 bits per heavy atom. The molecule has 0 radical (unpaired) electrons. The second-order valence-electron chi connectivity index (χ2n) is 5.15. The number of methoxy groups -OCH3 is 1. The van der Waals surface area contributed by atoms with Gasteiger partial charge in [-0.25, -0.2) is 0 Å². The molecular weight excluding hydrogens is 268 g/mol. The van der Waals surface area contributed by atoms with Gasteiger partial charge < -0.3 is 15.2 Å². The highest BCUT2D eigenvalue weighted by Gasteiger charge is 2.16. The third-order valence-electron chi connectivity index (χ3n) is 3.32. The summed E-state index contributed by atoms with van der Waals surface area (Å²) in [6.45, 7) is 7.73. The Labute approximate surface area is 127 Å². The molecule has 0 aromatic heterocycles. The van der Waals surface area contributed by atoms with Crippen LogP contribution in [0.1, 0.15) is 31.9 Å². The maximum Gasteiger partial charge on any atom is 0.320 e. The van der Waals surface area contributed by atoms with Gasteiger partial charge >= 0.3 is 5.97 Å². The smallest absolute Gasteiger partial charge is 0.320 e. The fourth-order valence-electron chi connectivity index (χ4n) is 2.08. The number of nitrogens with zero attached hydrogens (tertiary/aromatic N) is 1. The van der Waals surface area contributed by atoms with Crippen LogP contribution in [0.2, 0.25) is 0 Å². The van der Waals surface area contributed by atoms with E-state index in [2.05, 4.69) is 18.7 Å². The summed E-state index contributed by atoms with van der Waals surface area (Å²) in [5, 5.41) is 0. The van der Waals surface area contributed by atoms with E-state index >= 15 is 0 Å². The number of carbonyl (C=O) groups excluding carboxylic acids is 1. The van der Waals surface area contributed by atoms with E-state index in [0.29, 0.717) is 19.7 Å². The van der Waals surface area contributed by atoms with E-state index in [1.807, 2.05) is 25.1 Å². The highest BCUT2D eigenvalue weighted by Crippen LogP contribution is 2.21. The van der Waals surface area contributed by atoms with Crippen LogP contribution in [0, 0.1) is 0 Å². The molecule has 21 heavy (non-hydrogen) atoms. The highest BCUT2D eigenvalue weighted by atomic mass is 16.5. The van der Waals surface area contributed by atoms with Crippen molar-refractivity contribution < 1.29 is 14.3 Å². The number of carbonyl (C=O) groups is 1. The molecular formula is C16H26N2O3. The zero-order valence-electron chi connectivity index (χ0n) is 13.4. The van der Waals surface area contributed by atoms with E-state index in [1.165, 1.54) is 0 Å². The molecule has 5 heteroatoms. The van der Waals surface area contributed by atoms with Gasteiger partial charge in [-0.3, -0.25) is 9.69 Å². The van der Waals surface area contributed by atoms with Gasteiger partial charge in [0.05, 0.1) is 20.3 Å². The maximum absolute atomic E-state index is 11.7. The summed E-state index contributed by atoms with van der Waals surface area (Å²) in [7, 11) is 1.64. The number of ether oxygens (including phenoxy) is 2. The molecule has 0 amide bonds. The molecule has 0 saturated heterocycles. The van der Waals surface area contributed by atoms with Gasteiger partial charge in [-0.15, -0.1) is 0 Å². The summed E-state index contributed by atoms with van der Waals surface area (Å²) in [6, 6.07) is 6.21. The van der Waals surface area contributed by atoms with Crippen molar-refractivity contribution in [1.82, 2.24) is 4.90 Å². The van der Waals surface area contributed by atoms with Crippen molar-refractivity contribution in [3.63, 3.8) is 0 Å². The number of esters is 1. The van der Waals surface area contributed by atoms with E-state index in [9.17, 15) is 4.79 Å². The lowest BCUT2D eigenvalue weighted by atomic mass is 10.1. The monoisotopic (exact) mass is 294 g/mol. The van der Waals surface area contributed by atoms with E-state index in [1.54, 1.807) is 7.11 Å². The number of hydrogen-bond acceptors (Lipinski definition) is 5. The van der Waals surface area contributed by atoms with E-state index in [-0.39, 0.29) is 18.6 Å². The standard InChI is InChI=1S/C16H26N2O3/c1-5-21-16(19)11-18(12(2)3)10-13-6-7-14(9-17)15(8-13)20-4/h6-8,12H,5,9-11,17H2,1-4H3. The molecule has 1 aromatic rings. The van der Waals surface area contributed by atoms with Crippen molar-refractivity contribution in [3.05, 3.63) is 29.3 Å². The lowest BCUT2D eigenvalue weighted by Crippen LogP contribution is -2.36. The van der Waals surface area contributed by atoms with E-state index < -0.39 is 0 Å². The van der Waals surface area contributed by atoms with Crippen LogP contribution >= 0.6 is 0 Å². The first-order chi connectivity index (χ1) is 10.0. The summed E-state index contributed by atoms with van der Waals surface area (Å²) in [5.41, 5.74) is 7.73. The van der Waals surface area contributed by atoms with Gasteiger partial charge in [0.1, 0.15) is 5.75 Å². The van der Waals surface area contributed by atoms with E-state index in [0.717, 1.165) is 16.9 Å². The summed E-state index contributed by atoms with van der Waals surface area (Å²) in [5.74, 6) is 0.589. The molecule has 0 bridgehead atoms. The summed E-state index contributed by atoms with van der Waals surface area (Å²) < 4.78 is 10.4. The molecule has 1 rings (SSSR count). The van der Waals surface area contributed by atoms with Gasteiger partial charge in [-0.05, 0) is 32.4 Å². The van der Waals surface area contributed by atoms with Crippen molar-refractivity contribution in [1.29, 1.82) is 0 Å². The topological polar surface area (TPSA) is 64.8 Å². The molecule has 2 N–H and O–H groups in total. The highest BCUT2D eigenvalue weighted by molar-refractivity contribution is 5.71. The van der Waals surface area contributed by atoms with Crippen LogP contribution in [0.3, 0.4) is 0 Å². The SMILES string of the molecule is CCOC(=O)CN(Cc1ccc(CN)c(OC)c1)C(C)C. The van der Waals surface area contributed by atoms with Gasteiger partial charge in [-0.1, -0.05) is 12.1 Å². The first kappa shape index (κ1) is 17.5. The molecule has 0 aliphatic carbocycles. The zero-order chi connectivity index (χ0) is 15.8. The largest absolute Gasteiger partial charge is 0.496 e. The Morgan fingerprint density at radius 1 is 1.38 bits per heavy atom. The van der Waals surface area contributed by atoms with Crippen LogP contribution in [0.4, 0.5) is 0 Å². The number of benzene rings is 1. The predicted octanol–water partition coefficient (Wildman–Crippen LogP) is 1.93. The Morgan fingerprint density at radius 3 is 2.62 bits per heavy atom. The fourth-order valence-corrected chi connectivity index (χ4v) is 2.08. The van der Waals surface area contributed by atoms with Crippen molar-refractivity contribution >= 4 is 5.97 Å². The van der Waals surface area contributed by atoms with Crippen molar-refractivity contribution in [2.75, 3.05) is 20.3 Å². The van der Waals surface area contributed by atoms with Gasteiger partial charge in [0.25, 0.3) is 0 Å². The average molecular weight is 294 g/mol. The Kier molecular flexibility index (Phi) is 7.19. The molecule has 0 fully saturated rings. The lowest BCUT2D eigenvalue weighted by molar-refractivity contribution is -0.145. The average Bonchev–Trinajstić information content (AvgIpc) is 2.46. The van der Waals surface area contributed by atoms with Gasteiger partial charge in [0.2, 0.25) is 0 Å². The second kappa shape index (κ2) is 8.64. The molecule has 0 aliphatic heterocycles. The molecule has 0 aliphatic rings. The van der Waals surface area contributed by atoms with Crippen LogP contribution in [-0.2, 0) is 22.6 Å². The third kappa shape index (κ3) is 5.36. The molecule has 0 atom stereocenters. The summed E-state index contributed by atoms with van der Waals surface area (Å²) >= 11 is 0. The normalized spacial score (nSPS) is 11.0. The number of hydrogen-bond donors (Lipinski definition) is 1. The Hall–Kier alpha value is -1.59. The van der Waals surface area contributed by atoms with Crippen LogP contribution in [-0.4, -0.2) is 37.2 Å². The minimum atomic E-state index is -0.197. The first-order valence-electron chi connectivity index (χ1n) is 7.27. The predicted molar refractivity (Wildman–Crippen MR) is 83.1 cm³/mol.